The van der Waals surface area contributed by atoms with Crippen LogP contribution in [0.3, 0.4) is 0 Å². The van der Waals surface area contributed by atoms with Crippen LogP contribution in [0.5, 0.6) is 11.5 Å². The van der Waals surface area contributed by atoms with Crippen LogP contribution >= 0.6 is 66.8 Å². The number of halogens is 4. The topological polar surface area (TPSA) is 77.8 Å². The number of phenolic OH excluding ortho intramolecular Hbond substituents is 2. The van der Waals surface area contributed by atoms with Gasteiger partial charge in [-0.1, -0.05) is 29.3 Å². The molecule has 0 aromatic heterocycles. The summed E-state index contributed by atoms with van der Waals surface area (Å²) in [7, 11) is 0. The van der Waals surface area contributed by atoms with Gasteiger partial charge in [0.05, 0.1) is 15.9 Å². The van der Waals surface area contributed by atoms with E-state index in [1.165, 1.54) is 12.1 Å². The first-order valence-electron chi connectivity index (χ1n) is 7.29. The third kappa shape index (κ3) is 4.00. The molecule has 2 amide bonds. The molecule has 2 aromatic rings. The molecule has 0 aliphatic carbocycles. The molecule has 2 N–H and O–H groups in total. The standard InChI is InChI=1S/C17H9Br2Cl2NO4S/c18-9-4-7(14(23)13(19)15(9)24)5-12-16(25)22(17(26)27-12)6-8-10(20)2-1-3-11(8)21/h1-5,23-24H,6H2/b12-5-. The highest BCUT2D eigenvalue weighted by Gasteiger charge is 2.36. The zero-order valence-corrected chi connectivity index (χ0v) is 18.7. The van der Waals surface area contributed by atoms with Crippen LogP contribution in [0, 0.1) is 0 Å². The summed E-state index contributed by atoms with van der Waals surface area (Å²) in [5.74, 6) is -0.955. The van der Waals surface area contributed by atoms with E-state index in [1.807, 2.05) is 0 Å². The number of amides is 2. The molecule has 0 radical (unpaired) electrons. The summed E-state index contributed by atoms with van der Waals surface area (Å²) in [5.41, 5.74) is 0.732. The average molecular weight is 554 g/mol. The molecular formula is C17H9Br2Cl2NO4S. The lowest BCUT2D eigenvalue weighted by Gasteiger charge is -2.14. The number of benzene rings is 2. The first kappa shape index (κ1) is 20.5. The molecule has 1 saturated heterocycles. The minimum atomic E-state index is -0.527. The largest absolute Gasteiger partial charge is 0.506 e. The summed E-state index contributed by atoms with van der Waals surface area (Å²) in [5, 5.41) is 20.2. The number of phenols is 2. The number of imide groups is 1. The van der Waals surface area contributed by atoms with Crippen LogP contribution < -0.4 is 0 Å². The molecular weight excluding hydrogens is 545 g/mol. The van der Waals surface area contributed by atoms with Crippen molar-refractivity contribution in [1.82, 2.24) is 4.90 Å². The van der Waals surface area contributed by atoms with E-state index < -0.39 is 11.1 Å². The molecule has 2 aromatic carbocycles. The predicted octanol–water partition coefficient (Wildman–Crippen LogP) is 6.17. The summed E-state index contributed by atoms with van der Waals surface area (Å²) in [6.45, 7) is -0.0601. The van der Waals surface area contributed by atoms with E-state index in [0.29, 0.717) is 20.1 Å². The van der Waals surface area contributed by atoms with Gasteiger partial charge in [0.25, 0.3) is 11.1 Å². The Balaban J connectivity index is 1.94. The van der Waals surface area contributed by atoms with Crippen molar-refractivity contribution >= 4 is 84.0 Å². The van der Waals surface area contributed by atoms with E-state index in [4.69, 9.17) is 23.2 Å². The Bertz CT molecular complexity index is 993. The maximum Gasteiger partial charge on any atom is 0.293 e. The molecule has 1 aliphatic rings. The number of hydrogen-bond donors (Lipinski definition) is 2. The third-order valence-electron chi connectivity index (χ3n) is 3.74. The molecule has 3 rings (SSSR count). The average Bonchev–Trinajstić information content (AvgIpc) is 2.88. The molecule has 5 nitrogen and oxygen atoms in total. The number of carbonyl (C=O) groups is 2. The van der Waals surface area contributed by atoms with Gasteiger partial charge in [0.1, 0.15) is 16.0 Å². The highest BCUT2D eigenvalue weighted by Crippen LogP contribution is 2.43. The maximum atomic E-state index is 12.7. The SMILES string of the molecule is O=C1S/C(=C\c2cc(Br)c(O)c(Br)c2O)C(=O)N1Cc1c(Cl)cccc1Cl. The number of hydrogen-bond acceptors (Lipinski definition) is 5. The fraction of sp³-hybridized carbons (Fsp3) is 0.0588. The van der Waals surface area contributed by atoms with Gasteiger partial charge in [0, 0.05) is 21.2 Å². The lowest BCUT2D eigenvalue weighted by molar-refractivity contribution is -0.123. The second-order valence-electron chi connectivity index (χ2n) is 5.43. The van der Waals surface area contributed by atoms with Crippen molar-refractivity contribution in [3.8, 4) is 11.5 Å². The van der Waals surface area contributed by atoms with Gasteiger partial charge >= 0.3 is 0 Å². The van der Waals surface area contributed by atoms with E-state index in [9.17, 15) is 19.8 Å². The van der Waals surface area contributed by atoms with Crippen LogP contribution in [-0.2, 0) is 11.3 Å². The van der Waals surface area contributed by atoms with Crippen LogP contribution in [0.2, 0.25) is 10.0 Å². The van der Waals surface area contributed by atoms with Crippen molar-refractivity contribution in [3.05, 3.63) is 59.3 Å². The Hall–Kier alpha value is -1.19. The number of thioether (sulfide) groups is 1. The maximum absolute atomic E-state index is 12.7. The molecule has 1 heterocycles. The molecule has 10 heteroatoms. The molecule has 0 bridgehead atoms. The van der Waals surface area contributed by atoms with Gasteiger partial charge in [0.2, 0.25) is 0 Å². The third-order valence-corrected chi connectivity index (χ3v) is 6.71. The highest BCUT2D eigenvalue weighted by molar-refractivity contribution is 9.11. The minimum Gasteiger partial charge on any atom is -0.506 e. The van der Waals surface area contributed by atoms with Gasteiger partial charge in [-0.05, 0) is 67.9 Å². The van der Waals surface area contributed by atoms with Crippen LogP contribution in [-0.4, -0.2) is 26.3 Å². The van der Waals surface area contributed by atoms with Gasteiger partial charge in [-0.3, -0.25) is 14.5 Å². The van der Waals surface area contributed by atoms with Crippen molar-refractivity contribution in [2.24, 2.45) is 0 Å². The minimum absolute atomic E-state index is 0.0601. The number of rotatable bonds is 3. The molecule has 0 atom stereocenters. The van der Waals surface area contributed by atoms with Gasteiger partial charge in [-0.2, -0.15) is 0 Å². The Morgan fingerprint density at radius 3 is 2.37 bits per heavy atom. The highest BCUT2D eigenvalue weighted by atomic mass is 79.9. The summed E-state index contributed by atoms with van der Waals surface area (Å²) < 4.78 is 0.394. The van der Waals surface area contributed by atoms with E-state index in [0.717, 1.165) is 16.7 Å². The molecule has 1 fully saturated rings. The molecule has 27 heavy (non-hydrogen) atoms. The fourth-order valence-electron chi connectivity index (χ4n) is 2.35. The van der Waals surface area contributed by atoms with Gasteiger partial charge in [-0.15, -0.1) is 0 Å². The van der Waals surface area contributed by atoms with E-state index in [1.54, 1.807) is 18.2 Å². The molecule has 1 aliphatic heterocycles. The van der Waals surface area contributed by atoms with Gasteiger partial charge in [0.15, 0.2) is 0 Å². The summed E-state index contributed by atoms with van der Waals surface area (Å²) in [6, 6.07) is 6.36. The second-order valence-corrected chi connectivity index (χ2v) is 8.88. The summed E-state index contributed by atoms with van der Waals surface area (Å²) >= 11 is 19.2. The lowest BCUT2D eigenvalue weighted by atomic mass is 10.1. The fourth-order valence-corrected chi connectivity index (χ4v) is 4.85. The zero-order chi connectivity index (χ0) is 19.9. The van der Waals surface area contributed by atoms with Crippen LogP contribution in [0.15, 0.2) is 38.1 Å². The normalized spacial score (nSPS) is 15.9. The summed E-state index contributed by atoms with van der Waals surface area (Å²) in [4.78, 5) is 26.1. The van der Waals surface area contributed by atoms with E-state index in [-0.39, 0.29) is 33.0 Å². The lowest BCUT2D eigenvalue weighted by Crippen LogP contribution is -2.27. The Labute approximate surface area is 185 Å². The van der Waals surface area contributed by atoms with Crippen LogP contribution in [0.1, 0.15) is 11.1 Å². The molecule has 0 spiro atoms. The Morgan fingerprint density at radius 1 is 1.11 bits per heavy atom. The van der Waals surface area contributed by atoms with Crippen molar-refractivity contribution < 1.29 is 19.8 Å². The smallest absolute Gasteiger partial charge is 0.293 e. The van der Waals surface area contributed by atoms with Crippen molar-refractivity contribution in [2.45, 2.75) is 6.54 Å². The van der Waals surface area contributed by atoms with Crippen molar-refractivity contribution in [1.29, 1.82) is 0 Å². The van der Waals surface area contributed by atoms with Crippen molar-refractivity contribution in [3.63, 3.8) is 0 Å². The van der Waals surface area contributed by atoms with Crippen LogP contribution in [0.4, 0.5) is 4.79 Å². The Morgan fingerprint density at radius 2 is 1.74 bits per heavy atom. The zero-order valence-electron chi connectivity index (χ0n) is 13.2. The molecule has 0 saturated carbocycles. The first-order valence-corrected chi connectivity index (χ1v) is 10.4. The Kier molecular flexibility index (Phi) is 6.12. The predicted molar refractivity (Wildman–Crippen MR) is 113 cm³/mol. The summed E-state index contributed by atoms with van der Waals surface area (Å²) in [6.07, 6.45) is 1.38. The molecule has 140 valence electrons. The van der Waals surface area contributed by atoms with Crippen molar-refractivity contribution in [2.75, 3.05) is 0 Å². The van der Waals surface area contributed by atoms with Gasteiger partial charge < -0.3 is 10.2 Å². The van der Waals surface area contributed by atoms with Crippen LogP contribution in [0.25, 0.3) is 6.08 Å². The number of carbonyl (C=O) groups excluding carboxylic acids is 2. The number of aromatic hydroxyl groups is 2. The van der Waals surface area contributed by atoms with E-state index in [2.05, 4.69) is 31.9 Å². The monoisotopic (exact) mass is 551 g/mol. The molecule has 0 unspecified atom stereocenters. The number of nitrogens with zero attached hydrogens (tertiary/aromatic N) is 1. The first-order chi connectivity index (χ1) is 12.7. The van der Waals surface area contributed by atoms with Gasteiger partial charge in [-0.25, -0.2) is 0 Å². The van der Waals surface area contributed by atoms with E-state index >= 15 is 0 Å². The quantitative estimate of drug-likeness (QED) is 0.445. The second kappa shape index (κ2) is 8.05.